The molecule has 0 radical (unpaired) electrons. The van der Waals surface area contributed by atoms with Crippen LogP contribution >= 0.6 is 0 Å². The molecule has 0 aliphatic heterocycles. The number of furan rings is 1. The normalized spacial score (nSPS) is 11.7. The lowest BCUT2D eigenvalue weighted by Crippen LogP contribution is -2.10. The minimum absolute atomic E-state index is 0.866. The first-order valence-corrected chi connectivity index (χ1v) is 18.5. The highest BCUT2D eigenvalue weighted by molar-refractivity contribution is 6.17. The van der Waals surface area contributed by atoms with Gasteiger partial charge in [0.1, 0.15) is 11.2 Å². The maximum absolute atomic E-state index is 6.63. The highest BCUT2D eigenvalue weighted by Gasteiger charge is 2.20. The van der Waals surface area contributed by atoms with Crippen molar-refractivity contribution in [1.82, 2.24) is 0 Å². The van der Waals surface area contributed by atoms with Gasteiger partial charge >= 0.3 is 0 Å². The van der Waals surface area contributed by atoms with E-state index in [-0.39, 0.29) is 0 Å². The molecule has 0 amide bonds. The smallest absolute Gasteiger partial charge is 0.137 e. The number of benzene rings is 10. The van der Waals surface area contributed by atoms with Crippen LogP contribution in [0.4, 0.5) is 17.1 Å². The van der Waals surface area contributed by atoms with E-state index in [1.807, 2.05) is 0 Å². The molecule has 0 atom stereocenters. The Morgan fingerprint density at radius 2 is 0.833 bits per heavy atom. The van der Waals surface area contributed by atoms with Crippen LogP contribution in [0.15, 0.2) is 205 Å². The van der Waals surface area contributed by atoms with Gasteiger partial charge in [-0.15, -0.1) is 0 Å². The molecule has 0 saturated heterocycles. The van der Waals surface area contributed by atoms with Crippen molar-refractivity contribution in [1.29, 1.82) is 0 Å². The molecule has 54 heavy (non-hydrogen) atoms. The van der Waals surface area contributed by atoms with Gasteiger partial charge in [0.25, 0.3) is 0 Å². The predicted molar refractivity (Wildman–Crippen MR) is 229 cm³/mol. The minimum Gasteiger partial charge on any atom is -0.456 e. The first kappa shape index (κ1) is 30.5. The molecular formula is C52H33NO. The SMILES string of the molecule is c1ccc(-c2ccc(N(c3cc(-c4cc5ccccc5c5ccccc45)c4ccccc4c3)c3ccc4c(c3)oc3cc5ccccc5cc34)cc2)cc1. The Kier molecular flexibility index (Phi) is 6.90. The van der Waals surface area contributed by atoms with Crippen molar-refractivity contribution >= 4 is 82.1 Å². The molecule has 0 unspecified atom stereocenters. The van der Waals surface area contributed by atoms with E-state index in [0.717, 1.165) is 39.0 Å². The van der Waals surface area contributed by atoms with Crippen LogP contribution in [0, 0.1) is 0 Å². The number of hydrogen-bond acceptors (Lipinski definition) is 2. The van der Waals surface area contributed by atoms with Crippen molar-refractivity contribution in [3.8, 4) is 22.3 Å². The van der Waals surface area contributed by atoms with Gasteiger partial charge in [-0.3, -0.25) is 0 Å². The zero-order valence-corrected chi connectivity index (χ0v) is 29.4. The summed E-state index contributed by atoms with van der Waals surface area (Å²) in [6.45, 7) is 0. The third-order valence-electron chi connectivity index (χ3n) is 11.0. The minimum atomic E-state index is 0.866. The Morgan fingerprint density at radius 3 is 1.61 bits per heavy atom. The maximum Gasteiger partial charge on any atom is 0.137 e. The van der Waals surface area contributed by atoms with E-state index in [4.69, 9.17) is 4.42 Å². The Hall–Kier alpha value is -7.16. The summed E-state index contributed by atoms with van der Waals surface area (Å²) >= 11 is 0. The van der Waals surface area contributed by atoms with Crippen LogP contribution in [0.1, 0.15) is 0 Å². The van der Waals surface area contributed by atoms with Crippen molar-refractivity contribution in [3.05, 3.63) is 200 Å². The zero-order valence-electron chi connectivity index (χ0n) is 29.4. The Labute approximate surface area is 312 Å². The molecule has 252 valence electrons. The van der Waals surface area contributed by atoms with Gasteiger partial charge in [-0.25, -0.2) is 0 Å². The molecule has 0 saturated carbocycles. The molecule has 11 rings (SSSR count). The molecule has 2 heteroatoms. The number of hydrogen-bond donors (Lipinski definition) is 0. The summed E-state index contributed by atoms with van der Waals surface area (Å²) < 4.78 is 6.63. The fourth-order valence-corrected chi connectivity index (χ4v) is 8.39. The van der Waals surface area contributed by atoms with E-state index in [2.05, 4.69) is 205 Å². The van der Waals surface area contributed by atoms with Crippen molar-refractivity contribution in [2.24, 2.45) is 0 Å². The molecule has 0 N–H and O–H groups in total. The van der Waals surface area contributed by atoms with Crippen molar-refractivity contribution < 1.29 is 4.42 Å². The second kappa shape index (κ2) is 12.2. The second-order valence-corrected chi connectivity index (χ2v) is 14.1. The van der Waals surface area contributed by atoms with Crippen LogP contribution in [-0.4, -0.2) is 0 Å². The molecule has 0 aliphatic carbocycles. The van der Waals surface area contributed by atoms with Crippen molar-refractivity contribution in [3.63, 3.8) is 0 Å². The first-order valence-electron chi connectivity index (χ1n) is 18.5. The Bertz CT molecular complexity index is 3210. The van der Waals surface area contributed by atoms with Gasteiger partial charge in [-0.05, 0) is 120 Å². The third kappa shape index (κ3) is 4.96. The van der Waals surface area contributed by atoms with Gasteiger partial charge in [-0.1, -0.05) is 140 Å². The van der Waals surface area contributed by atoms with Crippen molar-refractivity contribution in [2.75, 3.05) is 4.90 Å². The van der Waals surface area contributed by atoms with Gasteiger partial charge < -0.3 is 9.32 Å². The summed E-state index contributed by atoms with van der Waals surface area (Å²) in [4.78, 5) is 2.37. The summed E-state index contributed by atoms with van der Waals surface area (Å²) in [6, 6.07) is 72.4. The van der Waals surface area contributed by atoms with Gasteiger partial charge in [0.05, 0.1) is 0 Å². The standard InChI is InChI=1S/C52H33NO/c1-2-12-34(13-3-1)35-22-24-40(25-23-35)53(41-26-27-47-50-29-36-14-4-5-15-37(36)31-51(50)54-52(47)33-41)42-28-38-16-6-9-19-44(38)49(32-42)48-30-39-17-7-8-18-43(39)45-20-10-11-21-46(45)48/h1-33H. The molecule has 0 aliphatic rings. The van der Waals surface area contributed by atoms with Gasteiger partial charge in [0.2, 0.25) is 0 Å². The Morgan fingerprint density at radius 1 is 0.278 bits per heavy atom. The van der Waals surface area contributed by atoms with E-state index >= 15 is 0 Å². The predicted octanol–water partition coefficient (Wildman–Crippen LogP) is 15.0. The molecule has 10 aromatic carbocycles. The maximum atomic E-state index is 6.63. The number of rotatable bonds is 5. The highest BCUT2D eigenvalue weighted by Crippen LogP contribution is 2.45. The average molecular weight is 688 g/mol. The third-order valence-corrected chi connectivity index (χ3v) is 11.0. The second-order valence-electron chi connectivity index (χ2n) is 14.1. The number of nitrogens with zero attached hydrogens (tertiary/aromatic N) is 1. The van der Waals surface area contributed by atoms with E-state index in [9.17, 15) is 0 Å². The highest BCUT2D eigenvalue weighted by atomic mass is 16.3. The summed E-state index contributed by atoms with van der Waals surface area (Å²) in [5.41, 5.74) is 9.75. The molecule has 0 fully saturated rings. The topological polar surface area (TPSA) is 16.4 Å². The molecule has 2 nitrogen and oxygen atoms in total. The number of anilines is 3. The van der Waals surface area contributed by atoms with Crippen LogP contribution in [0.25, 0.3) is 87.3 Å². The monoisotopic (exact) mass is 687 g/mol. The largest absolute Gasteiger partial charge is 0.456 e. The summed E-state index contributed by atoms with van der Waals surface area (Å²) in [5.74, 6) is 0. The van der Waals surface area contributed by atoms with Crippen LogP contribution in [0.5, 0.6) is 0 Å². The van der Waals surface area contributed by atoms with E-state index in [1.165, 1.54) is 65.3 Å². The van der Waals surface area contributed by atoms with Gasteiger partial charge in [-0.2, -0.15) is 0 Å². The molecule has 1 heterocycles. The molecular weight excluding hydrogens is 655 g/mol. The fourth-order valence-electron chi connectivity index (χ4n) is 8.39. The van der Waals surface area contributed by atoms with Crippen molar-refractivity contribution in [2.45, 2.75) is 0 Å². The van der Waals surface area contributed by atoms with Crippen LogP contribution in [0.3, 0.4) is 0 Å². The average Bonchev–Trinajstić information content (AvgIpc) is 3.59. The molecule has 0 bridgehead atoms. The van der Waals surface area contributed by atoms with Crippen LogP contribution in [0.2, 0.25) is 0 Å². The molecule has 0 spiro atoms. The lowest BCUT2D eigenvalue weighted by molar-refractivity contribution is 0.669. The van der Waals surface area contributed by atoms with E-state index in [0.29, 0.717) is 0 Å². The quantitative estimate of drug-likeness (QED) is 0.168. The fraction of sp³-hybridized carbons (Fsp3) is 0. The molecule has 11 aromatic rings. The van der Waals surface area contributed by atoms with E-state index in [1.54, 1.807) is 0 Å². The van der Waals surface area contributed by atoms with Crippen LogP contribution in [-0.2, 0) is 0 Å². The van der Waals surface area contributed by atoms with Gasteiger partial charge in [0, 0.05) is 33.9 Å². The summed E-state index contributed by atoms with van der Waals surface area (Å²) in [6.07, 6.45) is 0. The molecule has 1 aromatic heterocycles. The van der Waals surface area contributed by atoms with Crippen LogP contribution < -0.4 is 4.90 Å². The first-order chi connectivity index (χ1) is 26.7. The van der Waals surface area contributed by atoms with E-state index < -0.39 is 0 Å². The van der Waals surface area contributed by atoms with Gasteiger partial charge in [0.15, 0.2) is 0 Å². The summed E-state index contributed by atoms with van der Waals surface area (Å²) in [5, 5.41) is 12.0. The zero-order chi connectivity index (χ0) is 35.6. The Balaban J connectivity index is 1.16. The summed E-state index contributed by atoms with van der Waals surface area (Å²) in [7, 11) is 0. The lowest BCUT2D eigenvalue weighted by atomic mass is 9.90. The lowest BCUT2D eigenvalue weighted by Gasteiger charge is -2.27. The number of fused-ring (bicyclic) bond motifs is 8.